The summed E-state index contributed by atoms with van der Waals surface area (Å²) < 4.78 is 5.02. The zero-order chi connectivity index (χ0) is 15.4. The molecule has 2 aromatic rings. The van der Waals surface area contributed by atoms with Gasteiger partial charge in [0.15, 0.2) is 12.3 Å². The van der Waals surface area contributed by atoms with E-state index in [1.165, 1.54) is 0 Å². The van der Waals surface area contributed by atoms with Crippen LogP contribution in [0.25, 0.3) is 0 Å². The Kier molecular flexibility index (Phi) is 4.07. The molecule has 0 bridgehead atoms. The molecule has 21 heavy (non-hydrogen) atoms. The molecule has 110 valence electrons. The number of hydrogen-bond donors (Lipinski definition) is 4. The molecule has 1 aromatic heterocycles. The molecule has 0 atom stereocenters. The van der Waals surface area contributed by atoms with Gasteiger partial charge in [-0.2, -0.15) is 0 Å². The predicted octanol–water partition coefficient (Wildman–Crippen LogP) is 0.145. The lowest BCUT2D eigenvalue weighted by Crippen LogP contribution is -2.13. The van der Waals surface area contributed by atoms with Crippen LogP contribution in [0.5, 0.6) is 5.75 Å². The van der Waals surface area contributed by atoms with E-state index in [-0.39, 0.29) is 11.5 Å². The van der Waals surface area contributed by atoms with Gasteiger partial charge in [-0.05, 0) is 17.7 Å². The van der Waals surface area contributed by atoms with Crippen LogP contribution < -0.4 is 16.2 Å². The predicted molar refractivity (Wildman–Crippen MR) is 73.9 cm³/mol. The molecule has 0 spiro atoms. The van der Waals surface area contributed by atoms with Gasteiger partial charge in [-0.15, -0.1) is 0 Å². The molecule has 1 heterocycles. The fourth-order valence-corrected chi connectivity index (χ4v) is 1.75. The molecule has 6 N–H and O–H groups in total. The second-order valence-corrected chi connectivity index (χ2v) is 4.31. The second-order valence-electron chi connectivity index (χ2n) is 4.31. The van der Waals surface area contributed by atoms with E-state index >= 15 is 0 Å². The number of aliphatic carboxylic acids is 1. The maximum absolute atomic E-state index is 11.1. The van der Waals surface area contributed by atoms with E-state index in [1.807, 2.05) is 0 Å². The van der Waals surface area contributed by atoms with E-state index in [2.05, 4.69) is 9.97 Å². The van der Waals surface area contributed by atoms with Gasteiger partial charge in [-0.1, -0.05) is 12.1 Å². The maximum atomic E-state index is 11.1. The summed E-state index contributed by atoms with van der Waals surface area (Å²) in [4.78, 5) is 28.2. The first-order valence-electron chi connectivity index (χ1n) is 6.03. The Balaban J connectivity index is 2.04. The van der Waals surface area contributed by atoms with E-state index in [4.69, 9.17) is 21.3 Å². The van der Waals surface area contributed by atoms with Crippen LogP contribution in [0.15, 0.2) is 24.3 Å². The molecule has 8 heteroatoms. The number of rotatable bonds is 6. The van der Waals surface area contributed by atoms with Crippen molar-refractivity contribution in [3.05, 3.63) is 41.3 Å². The standard InChI is InChI=1S/C13H14N4O4/c14-12-11(13(15)20)16-9(17-12)5-7-1-3-8(4-2-7)21-6-10(18)19/h1-4H,5-6,14H2,(H2,15,20)(H,16,17)(H,18,19). The molecule has 0 unspecified atom stereocenters. The molecule has 0 radical (unpaired) electrons. The Morgan fingerprint density at radius 2 is 1.95 bits per heavy atom. The first kappa shape index (κ1) is 14.4. The van der Waals surface area contributed by atoms with Gasteiger partial charge in [0, 0.05) is 6.42 Å². The van der Waals surface area contributed by atoms with Crippen LogP contribution in [-0.2, 0) is 11.2 Å². The van der Waals surface area contributed by atoms with E-state index in [9.17, 15) is 9.59 Å². The number of nitrogens with two attached hydrogens (primary N) is 2. The van der Waals surface area contributed by atoms with Crippen LogP contribution in [0.3, 0.4) is 0 Å². The van der Waals surface area contributed by atoms with Gasteiger partial charge in [0.25, 0.3) is 5.91 Å². The van der Waals surface area contributed by atoms with Gasteiger partial charge in [0.1, 0.15) is 17.4 Å². The third kappa shape index (κ3) is 3.72. The topological polar surface area (TPSA) is 144 Å². The largest absolute Gasteiger partial charge is 0.482 e. The van der Waals surface area contributed by atoms with Crippen molar-refractivity contribution in [3.8, 4) is 5.75 Å². The van der Waals surface area contributed by atoms with Gasteiger partial charge in [-0.25, -0.2) is 9.78 Å². The normalized spacial score (nSPS) is 10.3. The van der Waals surface area contributed by atoms with Crippen molar-refractivity contribution in [1.29, 1.82) is 0 Å². The molecular weight excluding hydrogens is 276 g/mol. The molecule has 1 aromatic carbocycles. The molecule has 0 aliphatic carbocycles. The number of imidazole rings is 1. The number of nitrogen functional groups attached to an aromatic ring is 1. The molecule has 2 rings (SSSR count). The van der Waals surface area contributed by atoms with Crippen molar-refractivity contribution in [1.82, 2.24) is 9.97 Å². The van der Waals surface area contributed by atoms with Crippen molar-refractivity contribution in [2.75, 3.05) is 12.3 Å². The number of aromatic nitrogens is 2. The number of primary amides is 1. The monoisotopic (exact) mass is 290 g/mol. The first-order chi connectivity index (χ1) is 9.95. The molecule has 1 amide bonds. The van der Waals surface area contributed by atoms with Crippen molar-refractivity contribution < 1.29 is 19.4 Å². The Bertz CT molecular complexity index is 663. The lowest BCUT2D eigenvalue weighted by Gasteiger charge is -2.04. The minimum absolute atomic E-state index is 0.0198. The van der Waals surface area contributed by atoms with Crippen LogP contribution in [0.2, 0.25) is 0 Å². The summed E-state index contributed by atoms with van der Waals surface area (Å²) in [5, 5.41) is 8.51. The van der Waals surface area contributed by atoms with Crippen molar-refractivity contribution in [3.63, 3.8) is 0 Å². The van der Waals surface area contributed by atoms with Crippen molar-refractivity contribution in [2.24, 2.45) is 5.73 Å². The minimum Gasteiger partial charge on any atom is -0.482 e. The Labute approximate surface area is 119 Å². The third-order valence-electron chi connectivity index (χ3n) is 2.67. The van der Waals surface area contributed by atoms with Crippen molar-refractivity contribution >= 4 is 17.7 Å². The summed E-state index contributed by atoms with van der Waals surface area (Å²) in [7, 11) is 0. The number of carboxylic acid groups (broad SMARTS) is 1. The first-order valence-corrected chi connectivity index (χ1v) is 6.03. The summed E-state index contributed by atoms with van der Waals surface area (Å²) in [6.45, 7) is -0.393. The van der Waals surface area contributed by atoms with E-state index in [0.717, 1.165) is 5.56 Å². The van der Waals surface area contributed by atoms with Gasteiger partial charge in [-0.3, -0.25) is 4.79 Å². The van der Waals surface area contributed by atoms with Gasteiger partial charge < -0.3 is 26.3 Å². The number of nitrogens with zero attached hydrogens (tertiary/aromatic N) is 1. The van der Waals surface area contributed by atoms with Gasteiger partial charge in [0.05, 0.1) is 0 Å². The SMILES string of the molecule is NC(=O)c1nc(Cc2ccc(OCC(=O)O)cc2)[nH]c1N. The van der Waals surface area contributed by atoms with Crippen molar-refractivity contribution in [2.45, 2.75) is 6.42 Å². The number of aromatic amines is 1. The average Bonchev–Trinajstić information content (AvgIpc) is 2.79. The van der Waals surface area contributed by atoms with Crippen LogP contribution in [0.4, 0.5) is 5.82 Å². The second kappa shape index (κ2) is 5.95. The molecule has 8 nitrogen and oxygen atoms in total. The molecule has 0 saturated carbocycles. The molecular formula is C13H14N4O4. The van der Waals surface area contributed by atoms with E-state index in [0.29, 0.717) is 18.0 Å². The number of anilines is 1. The van der Waals surface area contributed by atoms with Gasteiger partial charge in [0.2, 0.25) is 0 Å². The van der Waals surface area contributed by atoms with E-state index < -0.39 is 18.5 Å². The van der Waals surface area contributed by atoms with Crippen LogP contribution in [0, 0.1) is 0 Å². The molecule has 0 fully saturated rings. The third-order valence-corrected chi connectivity index (χ3v) is 2.67. The number of ether oxygens (including phenoxy) is 1. The fraction of sp³-hybridized carbons (Fsp3) is 0.154. The number of nitrogens with one attached hydrogen (secondary N) is 1. The molecule has 0 aliphatic heterocycles. The Hall–Kier alpha value is -3.03. The highest BCUT2D eigenvalue weighted by atomic mass is 16.5. The minimum atomic E-state index is -1.04. The summed E-state index contributed by atoms with van der Waals surface area (Å²) in [5.74, 6) is -0.617. The number of H-pyrrole nitrogens is 1. The van der Waals surface area contributed by atoms with Crippen LogP contribution in [-0.4, -0.2) is 33.6 Å². The maximum Gasteiger partial charge on any atom is 0.341 e. The summed E-state index contributed by atoms with van der Waals surface area (Å²) in [5.41, 5.74) is 11.6. The molecule has 0 saturated heterocycles. The molecule has 0 aliphatic rings. The fourth-order valence-electron chi connectivity index (χ4n) is 1.75. The highest BCUT2D eigenvalue weighted by molar-refractivity contribution is 5.95. The van der Waals surface area contributed by atoms with Crippen LogP contribution >= 0.6 is 0 Å². The number of amides is 1. The zero-order valence-corrected chi connectivity index (χ0v) is 11.0. The van der Waals surface area contributed by atoms with Gasteiger partial charge >= 0.3 is 5.97 Å². The Morgan fingerprint density at radius 3 is 2.48 bits per heavy atom. The lowest BCUT2D eigenvalue weighted by atomic mass is 10.1. The van der Waals surface area contributed by atoms with E-state index in [1.54, 1.807) is 24.3 Å². The Morgan fingerprint density at radius 1 is 1.29 bits per heavy atom. The highest BCUT2D eigenvalue weighted by Crippen LogP contribution is 2.16. The average molecular weight is 290 g/mol. The number of benzene rings is 1. The van der Waals surface area contributed by atoms with Crippen LogP contribution in [0.1, 0.15) is 21.9 Å². The summed E-state index contributed by atoms with van der Waals surface area (Å²) in [6, 6.07) is 6.83. The summed E-state index contributed by atoms with van der Waals surface area (Å²) in [6.07, 6.45) is 0.427. The number of hydrogen-bond acceptors (Lipinski definition) is 5. The number of carboxylic acids is 1. The number of carbonyl (C=O) groups is 2. The highest BCUT2D eigenvalue weighted by Gasteiger charge is 2.12. The number of carbonyl (C=O) groups excluding carboxylic acids is 1. The lowest BCUT2D eigenvalue weighted by molar-refractivity contribution is -0.139. The zero-order valence-electron chi connectivity index (χ0n) is 11.0. The quantitative estimate of drug-likeness (QED) is 0.595. The smallest absolute Gasteiger partial charge is 0.341 e. The summed E-state index contributed by atoms with van der Waals surface area (Å²) >= 11 is 0.